The van der Waals surface area contributed by atoms with Crippen molar-refractivity contribution in [2.24, 2.45) is 5.73 Å². The van der Waals surface area contributed by atoms with E-state index in [4.69, 9.17) is 5.73 Å². The number of benzene rings is 1. The van der Waals surface area contributed by atoms with Gasteiger partial charge >= 0.3 is 0 Å². The molecule has 0 unspecified atom stereocenters. The van der Waals surface area contributed by atoms with E-state index in [9.17, 15) is 14.7 Å². The number of fused-ring (bicyclic) bond motifs is 1. The molecule has 0 aromatic heterocycles. The molecular formula is C12H14N2O3. The van der Waals surface area contributed by atoms with E-state index in [1.807, 2.05) is 0 Å². The number of primary amides is 1. The number of nitrogens with zero attached hydrogens (tertiary/aromatic N) is 1. The van der Waals surface area contributed by atoms with Crippen molar-refractivity contribution in [2.75, 3.05) is 11.4 Å². The summed E-state index contributed by atoms with van der Waals surface area (Å²) < 4.78 is 0. The number of amides is 2. The molecule has 1 aliphatic heterocycles. The van der Waals surface area contributed by atoms with Crippen LogP contribution in [0, 0.1) is 0 Å². The van der Waals surface area contributed by atoms with E-state index in [1.54, 1.807) is 18.2 Å². The molecule has 0 saturated carbocycles. The Bertz CT molecular complexity index is 483. The molecule has 0 bridgehead atoms. The first kappa shape index (κ1) is 11.6. The molecule has 2 rings (SSSR count). The van der Waals surface area contributed by atoms with E-state index >= 15 is 0 Å². The smallest absolute Gasteiger partial charge is 0.255 e. The fraction of sp³-hybridized carbons (Fsp3) is 0.333. The van der Waals surface area contributed by atoms with Crippen LogP contribution in [0.4, 0.5) is 5.69 Å². The summed E-state index contributed by atoms with van der Waals surface area (Å²) in [6.45, 7) is 1.96. The van der Waals surface area contributed by atoms with Gasteiger partial charge < -0.3 is 15.7 Å². The summed E-state index contributed by atoms with van der Waals surface area (Å²) in [5.41, 5.74) is 7.23. The van der Waals surface area contributed by atoms with Gasteiger partial charge in [0, 0.05) is 17.8 Å². The Hall–Kier alpha value is -1.88. The van der Waals surface area contributed by atoms with Gasteiger partial charge in [-0.15, -0.1) is 0 Å². The van der Waals surface area contributed by atoms with Crippen molar-refractivity contribution < 1.29 is 14.7 Å². The lowest BCUT2D eigenvalue weighted by atomic mass is 10.1. The second-order valence-corrected chi connectivity index (χ2v) is 4.12. The number of carbonyl (C=O) groups excluding carboxylic acids is 2. The summed E-state index contributed by atoms with van der Waals surface area (Å²) in [6, 6.07) is 5.05. The fourth-order valence-electron chi connectivity index (χ4n) is 1.99. The summed E-state index contributed by atoms with van der Waals surface area (Å²) in [5.74, 6) is -0.880. The van der Waals surface area contributed by atoms with Gasteiger partial charge in [-0.3, -0.25) is 9.59 Å². The second-order valence-electron chi connectivity index (χ2n) is 4.12. The molecule has 1 heterocycles. The highest BCUT2D eigenvalue weighted by Gasteiger charge is 2.27. The van der Waals surface area contributed by atoms with E-state index in [0.29, 0.717) is 17.8 Å². The Balaban J connectivity index is 2.39. The van der Waals surface area contributed by atoms with Crippen LogP contribution in [0.1, 0.15) is 22.8 Å². The SMILES string of the molecule is C[C@H](O)C(=O)N1CCc2ccc(C(N)=O)cc21. The molecule has 5 heteroatoms. The van der Waals surface area contributed by atoms with Gasteiger partial charge in [0.25, 0.3) is 5.91 Å². The van der Waals surface area contributed by atoms with Gasteiger partial charge in [0.1, 0.15) is 6.10 Å². The number of nitrogens with two attached hydrogens (primary N) is 1. The monoisotopic (exact) mass is 234 g/mol. The van der Waals surface area contributed by atoms with Gasteiger partial charge in [-0.05, 0) is 31.0 Å². The number of aliphatic hydroxyl groups excluding tert-OH is 1. The maximum Gasteiger partial charge on any atom is 0.255 e. The van der Waals surface area contributed by atoms with E-state index in [-0.39, 0.29) is 5.91 Å². The van der Waals surface area contributed by atoms with Gasteiger partial charge in [0.2, 0.25) is 5.91 Å². The Morgan fingerprint density at radius 1 is 1.47 bits per heavy atom. The first-order valence-corrected chi connectivity index (χ1v) is 5.43. The van der Waals surface area contributed by atoms with Crippen molar-refractivity contribution in [3.63, 3.8) is 0 Å². The number of rotatable bonds is 2. The highest BCUT2D eigenvalue weighted by Crippen LogP contribution is 2.29. The van der Waals surface area contributed by atoms with Crippen LogP contribution in [-0.2, 0) is 11.2 Å². The minimum atomic E-state index is -1.04. The van der Waals surface area contributed by atoms with Gasteiger partial charge in [-0.1, -0.05) is 6.07 Å². The number of hydrogen-bond donors (Lipinski definition) is 2. The summed E-state index contributed by atoms with van der Waals surface area (Å²) in [5, 5.41) is 9.30. The van der Waals surface area contributed by atoms with Gasteiger partial charge in [-0.2, -0.15) is 0 Å². The zero-order chi connectivity index (χ0) is 12.6. The fourth-order valence-corrected chi connectivity index (χ4v) is 1.99. The van der Waals surface area contributed by atoms with E-state index < -0.39 is 12.0 Å². The Morgan fingerprint density at radius 3 is 2.76 bits per heavy atom. The van der Waals surface area contributed by atoms with E-state index in [1.165, 1.54) is 11.8 Å². The molecule has 1 aromatic carbocycles. The van der Waals surface area contributed by atoms with E-state index in [0.717, 1.165) is 12.0 Å². The second kappa shape index (κ2) is 4.18. The molecule has 3 N–H and O–H groups in total. The number of aliphatic hydroxyl groups is 1. The van der Waals surface area contributed by atoms with Crippen LogP contribution >= 0.6 is 0 Å². The number of carbonyl (C=O) groups is 2. The summed E-state index contributed by atoms with van der Waals surface area (Å²) in [7, 11) is 0. The maximum absolute atomic E-state index is 11.7. The highest BCUT2D eigenvalue weighted by molar-refractivity contribution is 6.00. The lowest BCUT2D eigenvalue weighted by molar-refractivity contribution is -0.125. The highest BCUT2D eigenvalue weighted by atomic mass is 16.3. The molecule has 2 amide bonds. The molecule has 1 aliphatic rings. The summed E-state index contributed by atoms with van der Waals surface area (Å²) >= 11 is 0. The molecule has 90 valence electrons. The van der Waals surface area contributed by atoms with Crippen LogP contribution in [0.15, 0.2) is 18.2 Å². The van der Waals surface area contributed by atoms with Crippen molar-refractivity contribution >= 4 is 17.5 Å². The average Bonchev–Trinajstić information content (AvgIpc) is 2.70. The third-order valence-electron chi connectivity index (χ3n) is 2.89. The van der Waals surface area contributed by atoms with Crippen LogP contribution < -0.4 is 10.6 Å². The van der Waals surface area contributed by atoms with Crippen LogP contribution in [0.5, 0.6) is 0 Å². The van der Waals surface area contributed by atoms with Crippen molar-refractivity contribution in [1.82, 2.24) is 0 Å². The standard InChI is InChI=1S/C12H14N2O3/c1-7(15)12(17)14-5-4-8-2-3-9(11(13)16)6-10(8)14/h2-3,6-7,15H,4-5H2,1H3,(H2,13,16)/t7-/m0/s1. The molecule has 0 saturated heterocycles. The zero-order valence-corrected chi connectivity index (χ0v) is 9.51. The first-order valence-electron chi connectivity index (χ1n) is 5.43. The van der Waals surface area contributed by atoms with Gasteiger partial charge in [0.05, 0.1) is 0 Å². The average molecular weight is 234 g/mol. The van der Waals surface area contributed by atoms with Crippen LogP contribution in [-0.4, -0.2) is 29.6 Å². The summed E-state index contributed by atoms with van der Waals surface area (Å²) in [4.78, 5) is 24.3. The topological polar surface area (TPSA) is 83.6 Å². The van der Waals surface area contributed by atoms with Crippen molar-refractivity contribution in [3.8, 4) is 0 Å². The van der Waals surface area contributed by atoms with Crippen molar-refractivity contribution in [2.45, 2.75) is 19.4 Å². The van der Waals surface area contributed by atoms with E-state index in [2.05, 4.69) is 0 Å². The molecule has 0 fully saturated rings. The van der Waals surface area contributed by atoms with Crippen molar-refractivity contribution in [3.05, 3.63) is 29.3 Å². The normalized spacial score (nSPS) is 15.5. The number of anilines is 1. The quantitative estimate of drug-likeness (QED) is 0.758. The van der Waals surface area contributed by atoms with Crippen LogP contribution in [0.2, 0.25) is 0 Å². The zero-order valence-electron chi connectivity index (χ0n) is 9.51. The Morgan fingerprint density at radius 2 is 2.18 bits per heavy atom. The molecule has 0 radical (unpaired) electrons. The largest absolute Gasteiger partial charge is 0.384 e. The molecule has 0 aliphatic carbocycles. The minimum Gasteiger partial charge on any atom is -0.384 e. The maximum atomic E-state index is 11.7. The van der Waals surface area contributed by atoms with Crippen LogP contribution in [0.25, 0.3) is 0 Å². The summed E-state index contributed by atoms with van der Waals surface area (Å²) in [6.07, 6.45) is -0.314. The predicted octanol–water partition coefficient (Wildman–Crippen LogP) is 0.0554. The number of hydrogen-bond acceptors (Lipinski definition) is 3. The molecule has 0 spiro atoms. The molecule has 1 atom stereocenters. The third kappa shape index (κ3) is 2.01. The van der Waals surface area contributed by atoms with Crippen molar-refractivity contribution in [1.29, 1.82) is 0 Å². The lowest BCUT2D eigenvalue weighted by Gasteiger charge is -2.19. The molecule has 17 heavy (non-hydrogen) atoms. The minimum absolute atomic E-state index is 0.356. The third-order valence-corrected chi connectivity index (χ3v) is 2.89. The molecule has 1 aromatic rings. The molecule has 5 nitrogen and oxygen atoms in total. The Kier molecular flexibility index (Phi) is 2.85. The Labute approximate surface area is 98.8 Å². The predicted molar refractivity (Wildman–Crippen MR) is 62.7 cm³/mol. The first-order chi connectivity index (χ1) is 8.00. The van der Waals surface area contributed by atoms with Gasteiger partial charge in [-0.25, -0.2) is 0 Å². The lowest BCUT2D eigenvalue weighted by Crippen LogP contribution is -2.36. The van der Waals surface area contributed by atoms with Gasteiger partial charge in [0.15, 0.2) is 0 Å². The van der Waals surface area contributed by atoms with Crippen LogP contribution in [0.3, 0.4) is 0 Å². The molecular weight excluding hydrogens is 220 g/mol.